The van der Waals surface area contributed by atoms with Crippen molar-refractivity contribution in [2.24, 2.45) is 5.92 Å². The van der Waals surface area contributed by atoms with Crippen LogP contribution in [0.2, 0.25) is 0 Å². The fourth-order valence-corrected chi connectivity index (χ4v) is 1.83. The zero-order chi connectivity index (χ0) is 14.4. The van der Waals surface area contributed by atoms with E-state index >= 15 is 0 Å². The molecule has 1 amide bonds. The third kappa shape index (κ3) is 4.87. The minimum Gasteiger partial charge on any atom is -0.505 e. The fraction of sp³-hybridized carbons (Fsp3) is 0.500. The quantitative estimate of drug-likeness (QED) is 0.737. The van der Waals surface area contributed by atoms with Crippen LogP contribution in [0.5, 0.6) is 5.75 Å². The highest BCUT2D eigenvalue weighted by atomic mass is 19.1. The van der Waals surface area contributed by atoms with E-state index in [-0.39, 0.29) is 17.7 Å². The Labute approximate surface area is 113 Å². The van der Waals surface area contributed by atoms with Gasteiger partial charge in [-0.05, 0) is 30.0 Å². The number of likely N-dealkylation sites (N-methyl/N-ethyl adjacent to an activating group) is 1. The van der Waals surface area contributed by atoms with Crippen LogP contribution in [-0.4, -0.2) is 24.1 Å². The minimum absolute atomic E-state index is 0.0760. The first kappa shape index (κ1) is 15.4. The molecule has 0 aromatic heterocycles. The average Bonchev–Trinajstić information content (AvgIpc) is 2.37. The molecule has 0 aliphatic heterocycles. The summed E-state index contributed by atoms with van der Waals surface area (Å²) in [7, 11) is 1.59. The molecular formula is C14H21FN2O2. The summed E-state index contributed by atoms with van der Waals surface area (Å²) in [6.07, 6.45) is 0.709. The molecule has 0 aliphatic rings. The van der Waals surface area contributed by atoms with E-state index in [4.69, 9.17) is 5.11 Å². The van der Waals surface area contributed by atoms with E-state index in [1.807, 2.05) is 13.8 Å². The Kier molecular flexibility index (Phi) is 5.76. The van der Waals surface area contributed by atoms with Crippen LogP contribution in [0.25, 0.3) is 0 Å². The molecule has 106 valence electrons. The van der Waals surface area contributed by atoms with Crippen molar-refractivity contribution in [1.82, 2.24) is 10.6 Å². The molecule has 1 aromatic rings. The lowest BCUT2D eigenvalue weighted by Gasteiger charge is -2.19. The monoisotopic (exact) mass is 268 g/mol. The zero-order valence-electron chi connectivity index (χ0n) is 11.5. The molecule has 1 rings (SSSR count). The number of aromatic hydroxyl groups is 1. The Morgan fingerprint density at radius 1 is 1.42 bits per heavy atom. The number of nitrogens with one attached hydrogen (secondary N) is 2. The van der Waals surface area contributed by atoms with Crippen molar-refractivity contribution < 1.29 is 14.3 Å². The third-order valence-corrected chi connectivity index (χ3v) is 2.83. The Morgan fingerprint density at radius 3 is 2.63 bits per heavy atom. The van der Waals surface area contributed by atoms with Crippen molar-refractivity contribution in [3.05, 3.63) is 29.6 Å². The number of hydrogen-bond donors (Lipinski definition) is 3. The molecule has 1 unspecified atom stereocenters. The molecule has 0 radical (unpaired) electrons. The van der Waals surface area contributed by atoms with Gasteiger partial charge in [-0.3, -0.25) is 4.79 Å². The number of carbonyl (C=O) groups is 1. The summed E-state index contributed by atoms with van der Waals surface area (Å²) in [4.78, 5) is 11.7. The lowest BCUT2D eigenvalue weighted by molar-refractivity contribution is -0.123. The number of amides is 1. The number of phenols is 1. The lowest BCUT2D eigenvalue weighted by Crippen LogP contribution is -2.43. The first-order valence-corrected chi connectivity index (χ1v) is 6.36. The molecule has 1 atom stereocenters. The lowest BCUT2D eigenvalue weighted by atomic mass is 10.0. The number of halogens is 1. The van der Waals surface area contributed by atoms with Gasteiger partial charge in [0.25, 0.3) is 0 Å². The molecule has 0 spiro atoms. The zero-order valence-corrected chi connectivity index (χ0v) is 11.5. The van der Waals surface area contributed by atoms with Gasteiger partial charge in [0.15, 0.2) is 11.6 Å². The summed E-state index contributed by atoms with van der Waals surface area (Å²) in [6, 6.07) is 3.89. The third-order valence-electron chi connectivity index (χ3n) is 2.83. The maximum atomic E-state index is 13.2. The number of benzene rings is 1. The maximum absolute atomic E-state index is 13.2. The molecule has 0 bridgehead atoms. The van der Waals surface area contributed by atoms with Crippen molar-refractivity contribution >= 4 is 5.91 Å². The second-order valence-electron chi connectivity index (χ2n) is 4.96. The first-order valence-electron chi connectivity index (χ1n) is 6.36. The SMILES string of the molecule is CNC(=O)C(CC(C)C)NCc1ccc(O)c(F)c1. The number of rotatable bonds is 6. The van der Waals surface area contributed by atoms with Gasteiger partial charge < -0.3 is 15.7 Å². The van der Waals surface area contributed by atoms with Gasteiger partial charge in [-0.15, -0.1) is 0 Å². The Bertz CT molecular complexity index is 435. The van der Waals surface area contributed by atoms with Gasteiger partial charge in [0.05, 0.1) is 6.04 Å². The summed E-state index contributed by atoms with van der Waals surface area (Å²) in [6.45, 7) is 4.46. The smallest absolute Gasteiger partial charge is 0.236 e. The highest BCUT2D eigenvalue weighted by Gasteiger charge is 2.17. The van der Waals surface area contributed by atoms with Gasteiger partial charge in [-0.2, -0.15) is 0 Å². The van der Waals surface area contributed by atoms with Crippen molar-refractivity contribution in [3.8, 4) is 5.75 Å². The second-order valence-corrected chi connectivity index (χ2v) is 4.96. The number of hydrogen-bond acceptors (Lipinski definition) is 3. The summed E-state index contributed by atoms with van der Waals surface area (Å²) >= 11 is 0. The molecule has 0 aliphatic carbocycles. The first-order chi connectivity index (χ1) is 8.93. The van der Waals surface area contributed by atoms with E-state index in [0.717, 1.165) is 0 Å². The molecule has 1 aromatic carbocycles. The van der Waals surface area contributed by atoms with Crippen LogP contribution in [-0.2, 0) is 11.3 Å². The predicted octanol–water partition coefficient (Wildman–Crippen LogP) is 1.78. The summed E-state index contributed by atoms with van der Waals surface area (Å²) < 4.78 is 13.2. The Hall–Kier alpha value is -1.62. The van der Waals surface area contributed by atoms with Crippen LogP contribution in [0.1, 0.15) is 25.8 Å². The van der Waals surface area contributed by atoms with E-state index in [0.29, 0.717) is 24.4 Å². The summed E-state index contributed by atoms with van der Waals surface area (Å²) in [5.74, 6) is -0.715. The largest absolute Gasteiger partial charge is 0.505 e. The highest BCUT2D eigenvalue weighted by Crippen LogP contribution is 2.16. The molecule has 0 saturated carbocycles. The van der Waals surface area contributed by atoms with Crippen molar-refractivity contribution in [2.45, 2.75) is 32.9 Å². The van der Waals surface area contributed by atoms with E-state index in [9.17, 15) is 9.18 Å². The molecule has 19 heavy (non-hydrogen) atoms. The number of phenolic OH excluding ortho intramolecular Hbond substituents is 1. The molecule has 0 saturated heterocycles. The van der Waals surface area contributed by atoms with Gasteiger partial charge >= 0.3 is 0 Å². The number of carbonyl (C=O) groups excluding carboxylic acids is 1. The van der Waals surface area contributed by atoms with Crippen molar-refractivity contribution in [2.75, 3.05) is 7.05 Å². The van der Waals surface area contributed by atoms with E-state index in [1.54, 1.807) is 13.1 Å². The second kappa shape index (κ2) is 7.09. The van der Waals surface area contributed by atoms with Crippen LogP contribution < -0.4 is 10.6 Å². The predicted molar refractivity (Wildman–Crippen MR) is 72.2 cm³/mol. The highest BCUT2D eigenvalue weighted by molar-refractivity contribution is 5.81. The molecular weight excluding hydrogens is 247 g/mol. The molecule has 0 heterocycles. The molecule has 3 N–H and O–H groups in total. The van der Waals surface area contributed by atoms with Gasteiger partial charge in [0.1, 0.15) is 0 Å². The Morgan fingerprint density at radius 2 is 2.11 bits per heavy atom. The molecule has 4 nitrogen and oxygen atoms in total. The van der Waals surface area contributed by atoms with Crippen molar-refractivity contribution in [1.29, 1.82) is 0 Å². The van der Waals surface area contributed by atoms with Crippen LogP contribution in [0.3, 0.4) is 0 Å². The molecule has 5 heteroatoms. The van der Waals surface area contributed by atoms with Gasteiger partial charge in [0.2, 0.25) is 5.91 Å². The van der Waals surface area contributed by atoms with E-state index in [2.05, 4.69) is 10.6 Å². The van der Waals surface area contributed by atoms with Crippen LogP contribution in [0.15, 0.2) is 18.2 Å². The van der Waals surface area contributed by atoms with Gasteiger partial charge in [-0.25, -0.2) is 4.39 Å². The van der Waals surface area contributed by atoms with Gasteiger partial charge in [0, 0.05) is 13.6 Å². The summed E-state index contributed by atoms with van der Waals surface area (Å²) in [5, 5.41) is 14.8. The fourth-order valence-electron chi connectivity index (χ4n) is 1.83. The summed E-state index contributed by atoms with van der Waals surface area (Å²) in [5.41, 5.74) is 0.688. The maximum Gasteiger partial charge on any atom is 0.236 e. The minimum atomic E-state index is -0.653. The average molecular weight is 268 g/mol. The Balaban J connectivity index is 2.64. The molecule has 0 fully saturated rings. The van der Waals surface area contributed by atoms with Crippen LogP contribution in [0, 0.1) is 11.7 Å². The van der Waals surface area contributed by atoms with Crippen LogP contribution >= 0.6 is 0 Å². The topological polar surface area (TPSA) is 61.4 Å². The van der Waals surface area contributed by atoms with Crippen LogP contribution in [0.4, 0.5) is 4.39 Å². The van der Waals surface area contributed by atoms with E-state index < -0.39 is 5.82 Å². The van der Waals surface area contributed by atoms with Crippen molar-refractivity contribution in [3.63, 3.8) is 0 Å². The standard InChI is InChI=1S/C14H21FN2O2/c1-9(2)6-12(14(19)16-3)17-8-10-4-5-13(18)11(15)7-10/h4-5,7,9,12,17-18H,6,8H2,1-3H3,(H,16,19). The van der Waals surface area contributed by atoms with E-state index in [1.165, 1.54) is 12.1 Å². The normalized spacial score (nSPS) is 12.5. The van der Waals surface area contributed by atoms with Gasteiger partial charge in [-0.1, -0.05) is 19.9 Å².